The lowest BCUT2D eigenvalue weighted by molar-refractivity contribution is 0.878. The van der Waals surface area contributed by atoms with Crippen LogP contribution in [0.5, 0.6) is 0 Å². The Morgan fingerprint density at radius 1 is 1.31 bits per heavy atom. The van der Waals surface area contributed by atoms with Crippen molar-refractivity contribution in [1.29, 1.82) is 0 Å². The lowest BCUT2D eigenvalue weighted by Gasteiger charge is -2.11. The molecule has 1 heterocycles. The Morgan fingerprint density at radius 3 is 2.38 bits per heavy atom. The molecule has 0 aliphatic heterocycles. The van der Waals surface area contributed by atoms with Crippen molar-refractivity contribution in [2.45, 2.75) is 15.9 Å². The van der Waals surface area contributed by atoms with Gasteiger partial charge in [-0.3, -0.25) is 0 Å². The van der Waals surface area contributed by atoms with Crippen LogP contribution in [-0.4, -0.2) is 16.2 Å². The first-order valence-corrected chi connectivity index (χ1v) is 5.76. The maximum absolute atomic E-state index is 5.69. The number of alkyl halides is 3. The molecule has 0 radical (unpaired) electrons. The van der Waals surface area contributed by atoms with E-state index in [9.17, 15) is 0 Å². The van der Waals surface area contributed by atoms with Gasteiger partial charge in [-0.25, -0.2) is 9.97 Å². The quantitative estimate of drug-likeness (QED) is 0.438. The molecular formula is C7H7Cl3N2S. The van der Waals surface area contributed by atoms with E-state index in [4.69, 9.17) is 34.8 Å². The minimum atomic E-state index is -1.47. The van der Waals surface area contributed by atoms with Crippen LogP contribution in [0.15, 0.2) is 11.2 Å². The van der Waals surface area contributed by atoms with Crippen LogP contribution in [0, 0.1) is 6.92 Å². The minimum Gasteiger partial charge on any atom is -0.228 e. The maximum Gasteiger partial charge on any atom is 0.232 e. The molecule has 0 aliphatic carbocycles. The number of hydrogen-bond acceptors (Lipinski definition) is 3. The second-order valence-electron chi connectivity index (χ2n) is 2.38. The van der Waals surface area contributed by atoms with Gasteiger partial charge in [0.2, 0.25) is 3.79 Å². The molecule has 0 aromatic carbocycles. The monoisotopic (exact) mass is 256 g/mol. The first-order valence-electron chi connectivity index (χ1n) is 3.40. The molecule has 0 atom stereocenters. The molecule has 0 saturated carbocycles. The summed E-state index contributed by atoms with van der Waals surface area (Å²) < 4.78 is -1.47. The molecule has 0 bridgehead atoms. The van der Waals surface area contributed by atoms with Crippen LogP contribution in [0.4, 0.5) is 0 Å². The van der Waals surface area contributed by atoms with Crippen LogP contribution in [0.1, 0.15) is 11.4 Å². The molecule has 0 unspecified atom stereocenters. The highest BCUT2D eigenvalue weighted by Gasteiger charge is 2.25. The minimum absolute atomic E-state index is 0.411. The van der Waals surface area contributed by atoms with Crippen molar-refractivity contribution in [2.75, 3.05) is 6.26 Å². The van der Waals surface area contributed by atoms with Crippen molar-refractivity contribution in [3.8, 4) is 0 Å². The predicted octanol–water partition coefficient (Wildman–Crippen LogP) is 3.33. The summed E-state index contributed by atoms with van der Waals surface area (Å²) in [6.07, 6.45) is 1.87. The van der Waals surface area contributed by atoms with Gasteiger partial charge >= 0.3 is 0 Å². The molecule has 6 heteroatoms. The number of halogens is 3. The predicted molar refractivity (Wildman–Crippen MR) is 57.8 cm³/mol. The highest BCUT2D eigenvalue weighted by molar-refractivity contribution is 7.98. The molecule has 0 amide bonds. The molecular weight excluding hydrogens is 251 g/mol. The molecule has 0 fully saturated rings. The molecule has 13 heavy (non-hydrogen) atoms. The fourth-order valence-electron chi connectivity index (χ4n) is 0.778. The van der Waals surface area contributed by atoms with Gasteiger partial charge in [0.15, 0.2) is 5.16 Å². The topological polar surface area (TPSA) is 25.8 Å². The summed E-state index contributed by atoms with van der Waals surface area (Å²) in [6, 6.07) is 1.66. The zero-order valence-electron chi connectivity index (χ0n) is 7.01. The Kier molecular flexibility index (Phi) is 3.69. The average molecular weight is 258 g/mol. The van der Waals surface area contributed by atoms with Crippen molar-refractivity contribution >= 4 is 46.6 Å². The van der Waals surface area contributed by atoms with E-state index in [0.717, 1.165) is 5.69 Å². The van der Waals surface area contributed by atoms with E-state index >= 15 is 0 Å². The molecule has 2 nitrogen and oxygen atoms in total. The van der Waals surface area contributed by atoms with Gasteiger partial charge in [0.1, 0.15) is 0 Å². The summed E-state index contributed by atoms with van der Waals surface area (Å²) in [7, 11) is 0. The van der Waals surface area contributed by atoms with E-state index in [1.54, 1.807) is 6.07 Å². The lowest BCUT2D eigenvalue weighted by atomic mass is 10.3. The standard InChI is InChI=1S/C7H7Cl3N2S/c1-4-3-5(7(8,9)10)12-6(11-4)13-2/h3H,1-2H3. The second kappa shape index (κ2) is 4.22. The Labute approximate surface area is 96.0 Å². The van der Waals surface area contributed by atoms with Gasteiger partial charge in [-0.2, -0.15) is 0 Å². The van der Waals surface area contributed by atoms with Crippen LogP contribution < -0.4 is 0 Å². The van der Waals surface area contributed by atoms with Crippen molar-refractivity contribution in [2.24, 2.45) is 0 Å². The van der Waals surface area contributed by atoms with Crippen LogP contribution in [0.25, 0.3) is 0 Å². The maximum atomic E-state index is 5.69. The molecule has 0 N–H and O–H groups in total. The van der Waals surface area contributed by atoms with Gasteiger partial charge in [0.25, 0.3) is 0 Å². The first kappa shape index (κ1) is 11.4. The van der Waals surface area contributed by atoms with Gasteiger partial charge in [-0.1, -0.05) is 46.6 Å². The van der Waals surface area contributed by atoms with E-state index in [0.29, 0.717) is 10.9 Å². The molecule has 0 spiro atoms. The summed E-state index contributed by atoms with van der Waals surface area (Å²) in [4.78, 5) is 8.22. The summed E-state index contributed by atoms with van der Waals surface area (Å²) in [6.45, 7) is 1.83. The lowest BCUT2D eigenvalue weighted by Crippen LogP contribution is -2.06. The van der Waals surface area contributed by atoms with E-state index in [2.05, 4.69) is 9.97 Å². The molecule has 0 saturated heterocycles. The Hall–Kier alpha value is 0.300. The largest absolute Gasteiger partial charge is 0.232 e. The fourth-order valence-corrected chi connectivity index (χ4v) is 1.49. The summed E-state index contributed by atoms with van der Waals surface area (Å²) in [5, 5.41) is 0.612. The zero-order valence-corrected chi connectivity index (χ0v) is 10.1. The average Bonchev–Trinajstić information content (AvgIpc) is 2.01. The van der Waals surface area contributed by atoms with Crippen molar-refractivity contribution in [3.05, 3.63) is 17.5 Å². The summed E-state index contributed by atoms with van der Waals surface area (Å²) >= 11 is 18.5. The van der Waals surface area contributed by atoms with Gasteiger partial charge in [-0.05, 0) is 19.2 Å². The number of aryl methyl sites for hydroxylation is 1. The third-order valence-corrected chi connectivity index (χ3v) is 2.44. The number of hydrogen-bond donors (Lipinski definition) is 0. The molecule has 1 aromatic rings. The first-order chi connectivity index (χ1) is 5.93. The normalized spacial score (nSPS) is 11.8. The van der Waals surface area contributed by atoms with Crippen molar-refractivity contribution in [1.82, 2.24) is 9.97 Å². The number of thioether (sulfide) groups is 1. The Morgan fingerprint density at radius 2 is 1.92 bits per heavy atom. The van der Waals surface area contributed by atoms with Crippen molar-refractivity contribution < 1.29 is 0 Å². The van der Waals surface area contributed by atoms with E-state index < -0.39 is 3.79 Å². The Balaban J connectivity index is 3.16. The van der Waals surface area contributed by atoms with E-state index in [1.165, 1.54) is 11.8 Å². The third-order valence-electron chi connectivity index (χ3n) is 1.31. The smallest absolute Gasteiger partial charge is 0.228 e. The highest BCUT2D eigenvalue weighted by Crippen LogP contribution is 2.37. The molecule has 0 aliphatic rings. The third kappa shape index (κ3) is 3.17. The van der Waals surface area contributed by atoms with Crippen LogP contribution in [-0.2, 0) is 3.79 Å². The van der Waals surface area contributed by atoms with Crippen LogP contribution >= 0.6 is 46.6 Å². The molecule has 72 valence electrons. The van der Waals surface area contributed by atoms with E-state index in [-0.39, 0.29) is 0 Å². The molecule has 1 aromatic heterocycles. The Bertz CT molecular complexity index is 311. The molecule has 1 rings (SSSR count). The number of nitrogens with zero attached hydrogens (tertiary/aromatic N) is 2. The second-order valence-corrected chi connectivity index (χ2v) is 5.43. The summed E-state index contributed by atoms with van der Waals surface area (Å²) in [5.41, 5.74) is 1.20. The highest BCUT2D eigenvalue weighted by atomic mass is 35.6. The van der Waals surface area contributed by atoms with Crippen LogP contribution in [0.2, 0.25) is 0 Å². The van der Waals surface area contributed by atoms with Gasteiger partial charge in [0, 0.05) is 5.69 Å². The van der Waals surface area contributed by atoms with Gasteiger partial charge in [-0.15, -0.1) is 0 Å². The summed E-state index contributed by atoms with van der Waals surface area (Å²) in [5.74, 6) is 0. The van der Waals surface area contributed by atoms with Crippen molar-refractivity contribution in [3.63, 3.8) is 0 Å². The number of rotatable bonds is 1. The van der Waals surface area contributed by atoms with Gasteiger partial charge < -0.3 is 0 Å². The van der Waals surface area contributed by atoms with Crippen LogP contribution in [0.3, 0.4) is 0 Å². The van der Waals surface area contributed by atoms with E-state index in [1.807, 2.05) is 13.2 Å². The fraction of sp³-hybridized carbons (Fsp3) is 0.429. The number of aromatic nitrogens is 2. The zero-order chi connectivity index (χ0) is 10.1. The van der Waals surface area contributed by atoms with Gasteiger partial charge in [0.05, 0.1) is 5.69 Å². The SMILES string of the molecule is CSc1nc(C)cc(C(Cl)(Cl)Cl)n1.